The van der Waals surface area contributed by atoms with E-state index in [1.165, 1.54) is 20.3 Å². The maximum absolute atomic E-state index is 13.5. The average molecular weight is 501 g/mol. The molecular formula is C24H24N2O6S2. The van der Waals surface area contributed by atoms with Gasteiger partial charge in [-0.05, 0) is 47.7 Å². The van der Waals surface area contributed by atoms with E-state index in [2.05, 4.69) is 0 Å². The number of hydrogen-bond acceptors (Lipinski definition) is 7. The lowest BCUT2D eigenvalue weighted by atomic mass is 10.1. The average Bonchev–Trinajstić information content (AvgIpc) is 3.48. The second-order valence-electron chi connectivity index (χ2n) is 7.61. The van der Waals surface area contributed by atoms with Crippen LogP contribution in [0, 0.1) is 0 Å². The number of carbonyl (C=O) groups excluding carboxylic acids is 2. The zero-order chi connectivity index (χ0) is 24.3. The Morgan fingerprint density at radius 3 is 2.38 bits per heavy atom. The van der Waals surface area contributed by atoms with Gasteiger partial charge < -0.3 is 9.47 Å². The lowest BCUT2D eigenvalue weighted by Gasteiger charge is -2.26. The highest BCUT2D eigenvalue weighted by molar-refractivity contribution is 7.91. The summed E-state index contributed by atoms with van der Waals surface area (Å²) in [4.78, 5) is 27.2. The molecule has 10 heteroatoms. The summed E-state index contributed by atoms with van der Waals surface area (Å²) >= 11 is 1.07. The van der Waals surface area contributed by atoms with E-state index >= 15 is 0 Å². The largest absolute Gasteiger partial charge is 0.493 e. The van der Waals surface area contributed by atoms with E-state index in [1.54, 1.807) is 53.9 Å². The first-order chi connectivity index (χ1) is 16.4. The number of rotatable bonds is 9. The number of benzene rings is 2. The summed E-state index contributed by atoms with van der Waals surface area (Å²) in [6.45, 7) is 0.0159. The van der Waals surface area contributed by atoms with Gasteiger partial charge in [0.1, 0.15) is 10.3 Å². The van der Waals surface area contributed by atoms with Gasteiger partial charge in [0, 0.05) is 6.54 Å². The van der Waals surface area contributed by atoms with Crippen LogP contribution in [0.5, 0.6) is 11.5 Å². The monoisotopic (exact) mass is 500 g/mol. The summed E-state index contributed by atoms with van der Waals surface area (Å²) in [7, 11) is -0.946. The van der Waals surface area contributed by atoms with Gasteiger partial charge in [-0.15, -0.1) is 11.3 Å². The van der Waals surface area contributed by atoms with E-state index in [0.717, 1.165) is 26.1 Å². The Morgan fingerprint density at radius 1 is 1.00 bits per heavy atom. The van der Waals surface area contributed by atoms with Gasteiger partial charge in [0.25, 0.3) is 15.9 Å². The number of amides is 2. The lowest BCUT2D eigenvalue weighted by Crippen LogP contribution is -2.46. The fraction of sp³-hybridized carbons (Fsp3) is 0.250. The van der Waals surface area contributed by atoms with Crippen LogP contribution in [0.4, 0.5) is 5.69 Å². The van der Waals surface area contributed by atoms with E-state index < -0.39 is 27.9 Å². The van der Waals surface area contributed by atoms with Gasteiger partial charge in [-0.2, -0.15) is 4.31 Å². The van der Waals surface area contributed by atoms with Crippen LogP contribution in [0.25, 0.3) is 0 Å². The van der Waals surface area contributed by atoms with Crippen molar-refractivity contribution in [3.8, 4) is 11.5 Å². The number of para-hydroxylation sites is 1. The van der Waals surface area contributed by atoms with Crippen molar-refractivity contribution in [2.24, 2.45) is 0 Å². The van der Waals surface area contributed by atoms with E-state index in [-0.39, 0.29) is 17.2 Å². The Labute approximate surface area is 202 Å². The van der Waals surface area contributed by atoms with Crippen molar-refractivity contribution in [3.63, 3.8) is 0 Å². The molecule has 1 aromatic heterocycles. The van der Waals surface area contributed by atoms with Crippen molar-refractivity contribution in [1.82, 2.24) is 4.31 Å². The molecule has 0 bridgehead atoms. The summed E-state index contributed by atoms with van der Waals surface area (Å²) in [5.41, 5.74) is 1.23. The fourth-order valence-corrected chi connectivity index (χ4v) is 6.64. The zero-order valence-corrected chi connectivity index (χ0v) is 20.3. The summed E-state index contributed by atoms with van der Waals surface area (Å²) in [6, 6.07) is 15.9. The van der Waals surface area contributed by atoms with Crippen molar-refractivity contribution in [1.29, 1.82) is 0 Å². The minimum Gasteiger partial charge on any atom is -0.493 e. The van der Waals surface area contributed by atoms with Crippen molar-refractivity contribution >= 4 is 38.9 Å². The molecule has 0 saturated carbocycles. The molecule has 0 radical (unpaired) electrons. The number of imide groups is 1. The minimum atomic E-state index is -4.01. The van der Waals surface area contributed by atoms with Crippen LogP contribution >= 0.6 is 11.3 Å². The summed E-state index contributed by atoms with van der Waals surface area (Å²) in [5.74, 6) is 0.0989. The first-order valence-corrected chi connectivity index (χ1v) is 12.9. The van der Waals surface area contributed by atoms with Crippen molar-refractivity contribution < 1.29 is 27.5 Å². The number of anilines is 1. The van der Waals surface area contributed by atoms with Crippen LogP contribution in [0.3, 0.4) is 0 Å². The molecule has 2 amide bonds. The standard InChI is InChI=1S/C24H24N2O6S2/c1-31-20-11-10-17(15-21(20)32-2)12-13-25(34(29,30)23-9-6-14-33-23)19-16-22(27)26(24(19)28)18-7-4-3-5-8-18/h3-11,14-15,19H,12-13,16H2,1-2H3. The third kappa shape index (κ3) is 4.56. The highest BCUT2D eigenvalue weighted by Gasteiger charge is 2.47. The Balaban J connectivity index is 1.66. The first kappa shape index (κ1) is 23.9. The van der Waals surface area contributed by atoms with Crippen LogP contribution < -0.4 is 14.4 Å². The smallest absolute Gasteiger partial charge is 0.253 e. The van der Waals surface area contributed by atoms with E-state index in [1.807, 2.05) is 6.07 Å². The summed E-state index contributed by atoms with van der Waals surface area (Å²) in [6.07, 6.45) is 0.0958. The molecule has 178 valence electrons. The van der Waals surface area contributed by atoms with Gasteiger partial charge in [-0.1, -0.05) is 30.3 Å². The highest BCUT2D eigenvalue weighted by atomic mass is 32.2. The second-order valence-corrected chi connectivity index (χ2v) is 10.7. The van der Waals surface area contributed by atoms with Crippen LogP contribution in [0.1, 0.15) is 12.0 Å². The van der Waals surface area contributed by atoms with Crippen molar-refractivity contribution in [3.05, 3.63) is 71.6 Å². The first-order valence-electron chi connectivity index (χ1n) is 10.5. The number of methoxy groups -OCH3 is 2. The van der Waals surface area contributed by atoms with Crippen molar-refractivity contribution in [2.45, 2.75) is 23.1 Å². The molecule has 0 N–H and O–H groups in total. The molecule has 3 aromatic rings. The summed E-state index contributed by atoms with van der Waals surface area (Å²) < 4.78 is 38.9. The molecule has 0 spiro atoms. The molecule has 2 aromatic carbocycles. The van der Waals surface area contributed by atoms with Crippen molar-refractivity contribution in [2.75, 3.05) is 25.7 Å². The third-order valence-electron chi connectivity index (χ3n) is 5.61. The predicted octanol–water partition coefficient (Wildman–Crippen LogP) is 3.33. The summed E-state index contributed by atoms with van der Waals surface area (Å²) in [5, 5.41) is 1.66. The SMILES string of the molecule is COc1ccc(CCN(C2CC(=O)N(c3ccccc3)C2=O)S(=O)(=O)c2cccs2)cc1OC. The minimum absolute atomic E-state index is 0.0159. The topological polar surface area (TPSA) is 93.2 Å². The number of carbonyl (C=O) groups is 2. The van der Waals surface area contributed by atoms with E-state index in [9.17, 15) is 18.0 Å². The molecule has 1 fully saturated rings. The zero-order valence-electron chi connectivity index (χ0n) is 18.7. The van der Waals surface area contributed by atoms with Gasteiger partial charge in [-0.25, -0.2) is 13.3 Å². The molecule has 1 aliphatic rings. The quantitative estimate of drug-likeness (QED) is 0.419. The Kier molecular flexibility index (Phi) is 7.01. The normalized spacial score (nSPS) is 16.3. The maximum Gasteiger partial charge on any atom is 0.253 e. The number of ether oxygens (including phenoxy) is 2. The number of thiophene rings is 1. The molecule has 34 heavy (non-hydrogen) atoms. The Hall–Kier alpha value is -3.21. The predicted molar refractivity (Wildman–Crippen MR) is 129 cm³/mol. The van der Waals surface area contributed by atoms with Gasteiger partial charge in [0.15, 0.2) is 11.5 Å². The fourth-order valence-electron chi connectivity index (χ4n) is 3.93. The molecule has 1 unspecified atom stereocenters. The van der Waals surface area contributed by atoms with Gasteiger partial charge >= 0.3 is 0 Å². The number of sulfonamides is 1. The van der Waals surface area contributed by atoms with Crippen LogP contribution in [-0.2, 0) is 26.0 Å². The lowest BCUT2D eigenvalue weighted by molar-refractivity contribution is -0.122. The van der Waals surface area contributed by atoms with E-state index in [4.69, 9.17) is 9.47 Å². The van der Waals surface area contributed by atoms with Gasteiger partial charge in [-0.3, -0.25) is 9.59 Å². The van der Waals surface area contributed by atoms with E-state index in [0.29, 0.717) is 23.6 Å². The molecule has 4 rings (SSSR count). The van der Waals surface area contributed by atoms with Gasteiger partial charge in [0.05, 0.1) is 26.3 Å². The number of nitrogens with zero attached hydrogens (tertiary/aromatic N) is 2. The molecular weight excluding hydrogens is 476 g/mol. The molecule has 1 aliphatic heterocycles. The molecule has 0 aliphatic carbocycles. The van der Waals surface area contributed by atoms with Gasteiger partial charge in [0.2, 0.25) is 5.91 Å². The highest BCUT2D eigenvalue weighted by Crippen LogP contribution is 2.32. The molecule has 1 saturated heterocycles. The Bertz CT molecular complexity index is 1280. The number of hydrogen-bond donors (Lipinski definition) is 0. The molecule has 8 nitrogen and oxygen atoms in total. The van der Waals surface area contributed by atoms with Crippen LogP contribution in [0.15, 0.2) is 70.3 Å². The Morgan fingerprint density at radius 2 is 1.74 bits per heavy atom. The van der Waals surface area contributed by atoms with Crippen LogP contribution in [-0.4, -0.2) is 51.3 Å². The third-order valence-corrected chi connectivity index (χ3v) is 8.89. The molecule has 2 heterocycles. The molecule has 1 atom stereocenters. The second kappa shape index (κ2) is 9.96. The van der Waals surface area contributed by atoms with Crippen LogP contribution in [0.2, 0.25) is 0 Å². The maximum atomic E-state index is 13.5.